The number of nitrogen functional groups attached to an aromatic ring is 1. The molecule has 2 amide bonds. The molecule has 6 aromatic rings. The van der Waals surface area contributed by atoms with Gasteiger partial charge in [0.15, 0.2) is 17.3 Å². The van der Waals surface area contributed by atoms with Crippen molar-refractivity contribution in [3.8, 4) is 22.9 Å². The van der Waals surface area contributed by atoms with Crippen molar-refractivity contribution in [2.75, 3.05) is 11.1 Å². The monoisotopic (exact) mass is 631 g/mol. The zero-order valence-electron chi connectivity index (χ0n) is 24.8. The first-order valence-electron chi connectivity index (χ1n) is 14.7. The van der Waals surface area contributed by atoms with Crippen LogP contribution in [0.25, 0.3) is 34.1 Å². The minimum Gasteiger partial charge on any atom is -0.383 e. The number of rotatable bonds is 8. The lowest BCUT2D eigenvalue weighted by molar-refractivity contribution is -0.111. The Labute approximate surface area is 266 Å². The van der Waals surface area contributed by atoms with Crippen molar-refractivity contribution in [1.29, 1.82) is 0 Å². The van der Waals surface area contributed by atoms with E-state index in [1.54, 1.807) is 23.1 Å². The molecule has 1 aliphatic carbocycles. The summed E-state index contributed by atoms with van der Waals surface area (Å²) in [7, 11) is 0. The fourth-order valence-corrected chi connectivity index (χ4v) is 5.82. The van der Waals surface area contributed by atoms with Gasteiger partial charge in [0.1, 0.15) is 11.3 Å². The molecule has 0 unspecified atom stereocenters. The van der Waals surface area contributed by atoms with E-state index in [1.807, 2.05) is 53.2 Å². The van der Waals surface area contributed by atoms with E-state index < -0.39 is 18.2 Å². The quantitative estimate of drug-likeness (QED) is 0.182. The molecule has 4 N–H and O–H groups in total. The van der Waals surface area contributed by atoms with Gasteiger partial charge in [0.25, 0.3) is 12.3 Å². The van der Waals surface area contributed by atoms with Gasteiger partial charge in [-0.2, -0.15) is 5.10 Å². The summed E-state index contributed by atoms with van der Waals surface area (Å²) in [6.45, 7) is 3.40. The summed E-state index contributed by atoms with van der Waals surface area (Å²) in [5.41, 5.74) is 10.6. The lowest BCUT2D eigenvalue weighted by Crippen LogP contribution is -2.28. The molecule has 0 radical (unpaired) electrons. The predicted octanol–water partition coefficient (Wildman–Crippen LogP) is 5.73. The third-order valence-electron chi connectivity index (χ3n) is 8.06. The summed E-state index contributed by atoms with van der Waals surface area (Å²) in [4.78, 5) is 39.5. The summed E-state index contributed by atoms with van der Waals surface area (Å²) < 4.78 is 30.4. The first-order valence-corrected chi connectivity index (χ1v) is 14.7. The molecule has 0 aliphatic heterocycles. The molecular formula is C34H27F2N9O2. The van der Waals surface area contributed by atoms with Gasteiger partial charge in [0, 0.05) is 29.8 Å². The Morgan fingerprint density at radius 3 is 2.68 bits per heavy atom. The average Bonchev–Trinajstić information content (AvgIpc) is 3.83. The number of imidazole rings is 1. The SMILES string of the molecule is C=CC(=O)Nc1cc(C(F)F)ccc1C(=O)N[C@H]1CCc2cc(-n3c(-c4cccnc4N)nc4ccc(-n5cccn5)nc43)ccc21. The maximum atomic E-state index is 13.4. The Morgan fingerprint density at radius 1 is 1.04 bits per heavy atom. The number of alkyl halides is 2. The van der Waals surface area contributed by atoms with Crippen molar-refractivity contribution >= 4 is 34.5 Å². The van der Waals surface area contributed by atoms with Gasteiger partial charge in [-0.15, -0.1) is 0 Å². The smallest absolute Gasteiger partial charge is 0.263 e. The van der Waals surface area contributed by atoms with Gasteiger partial charge in [0.2, 0.25) is 5.91 Å². The first kappa shape index (κ1) is 29.5. The van der Waals surface area contributed by atoms with Crippen LogP contribution < -0.4 is 16.4 Å². The van der Waals surface area contributed by atoms with E-state index in [4.69, 9.17) is 15.7 Å². The number of fused-ring (bicyclic) bond motifs is 2. The molecule has 13 heteroatoms. The van der Waals surface area contributed by atoms with Gasteiger partial charge >= 0.3 is 0 Å². The van der Waals surface area contributed by atoms with E-state index in [0.29, 0.717) is 47.0 Å². The molecule has 1 atom stereocenters. The summed E-state index contributed by atoms with van der Waals surface area (Å²) in [5, 5.41) is 9.80. The largest absolute Gasteiger partial charge is 0.383 e. The average molecular weight is 632 g/mol. The summed E-state index contributed by atoms with van der Waals surface area (Å²) >= 11 is 0. The van der Waals surface area contributed by atoms with Crippen molar-refractivity contribution < 1.29 is 18.4 Å². The lowest BCUT2D eigenvalue weighted by Gasteiger charge is -2.18. The zero-order valence-corrected chi connectivity index (χ0v) is 24.8. The molecule has 11 nitrogen and oxygen atoms in total. The molecule has 0 spiro atoms. The number of halogens is 2. The molecule has 0 bridgehead atoms. The van der Waals surface area contributed by atoms with Crippen LogP contribution in [0, 0.1) is 0 Å². The van der Waals surface area contributed by atoms with Gasteiger partial charge in [0.05, 0.1) is 22.9 Å². The van der Waals surface area contributed by atoms with Crippen LogP contribution in [-0.4, -0.2) is 41.1 Å². The predicted molar refractivity (Wildman–Crippen MR) is 172 cm³/mol. The molecular weight excluding hydrogens is 604 g/mol. The van der Waals surface area contributed by atoms with Gasteiger partial charge in [-0.25, -0.2) is 28.4 Å². The number of carbonyl (C=O) groups excluding carboxylic acids is 2. The Balaban J connectivity index is 1.25. The lowest BCUT2D eigenvalue weighted by atomic mass is 10.0. The fraction of sp³-hybridized carbons (Fsp3) is 0.118. The topological polar surface area (TPSA) is 146 Å². The van der Waals surface area contributed by atoms with Crippen LogP contribution >= 0.6 is 0 Å². The number of hydrogen-bond donors (Lipinski definition) is 3. The molecule has 1 aliphatic rings. The van der Waals surface area contributed by atoms with Crippen molar-refractivity contribution in [2.24, 2.45) is 0 Å². The number of aryl methyl sites for hydroxylation is 1. The van der Waals surface area contributed by atoms with Crippen molar-refractivity contribution in [2.45, 2.75) is 25.3 Å². The second-order valence-electron chi connectivity index (χ2n) is 10.9. The van der Waals surface area contributed by atoms with Crippen LogP contribution in [0.4, 0.5) is 20.3 Å². The van der Waals surface area contributed by atoms with E-state index in [1.165, 1.54) is 12.1 Å². The number of anilines is 2. The van der Waals surface area contributed by atoms with E-state index in [2.05, 4.69) is 27.3 Å². The number of aromatic nitrogens is 6. The minimum absolute atomic E-state index is 0.0186. The van der Waals surface area contributed by atoms with E-state index in [-0.39, 0.29) is 22.9 Å². The molecule has 47 heavy (non-hydrogen) atoms. The minimum atomic E-state index is -2.77. The third kappa shape index (κ3) is 5.47. The fourth-order valence-electron chi connectivity index (χ4n) is 5.82. The number of hydrogen-bond acceptors (Lipinski definition) is 7. The normalized spacial score (nSPS) is 13.9. The van der Waals surface area contributed by atoms with Crippen LogP contribution in [-0.2, 0) is 11.2 Å². The summed E-state index contributed by atoms with van der Waals surface area (Å²) in [5.74, 6) is 0.390. The van der Waals surface area contributed by atoms with Crippen LogP contribution in [0.2, 0.25) is 0 Å². The van der Waals surface area contributed by atoms with E-state index in [9.17, 15) is 18.4 Å². The van der Waals surface area contributed by atoms with Gasteiger partial charge in [-0.1, -0.05) is 18.7 Å². The second-order valence-corrected chi connectivity index (χ2v) is 10.9. The number of nitrogens with two attached hydrogens (primary N) is 1. The number of carbonyl (C=O) groups is 2. The van der Waals surface area contributed by atoms with Crippen molar-refractivity contribution in [3.05, 3.63) is 120 Å². The van der Waals surface area contributed by atoms with Crippen molar-refractivity contribution in [3.63, 3.8) is 0 Å². The molecule has 0 saturated heterocycles. The molecule has 4 aromatic heterocycles. The Hall–Kier alpha value is -6.24. The third-order valence-corrected chi connectivity index (χ3v) is 8.06. The highest BCUT2D eigenvalue weighted by Crippen LogP contribution is 2.36. The summed E-state index contributed by atoms with van der Waals surface area (Å²) in [6.07, 6.45) is 4.63. The van der Waals surface area contributed by atoms with E-state index in [0.717, 1.165) is 29.0 Å². The number of pyridine rings is 2. The molecule has 234 valence electrons. The molecule has 0 saturated carbocycles. The molecule has 4 heterocycles. The number of nitrogens with zero attached hydrogens (tertiary/aromatic N) is 6. The molecule has 2 aromatic carbocycles. The van der Waals surface area contributed by atoms with E-state index >= 15 is 0 Å². The Bertz CT molecular complexity index is 2180. The second kappa shape index (κ2) is 11.9. The van der Waals surface area contributed by atoms with Crippen LogP contribution in [0.5, 0.6) is 0 Å². The maximum Gasteiger partial charge on any atom is 0.263 e. The number of amides is 2. The Kier molecular flexibility index (Phi) is 7.48. The highest BCUT2D eigenvalue weighted by atomic mass is 19.3. The molecule has 7 rings (SSSR count). The zero-order chi connectivity index (χ0) is 32.7. The van der Waals surface area contributed by atoms with Gasteiger partial charge < -0.3 is 16.4 Å². The van der Waals surface area contributed by atoms with Gasteiger partial charge in [-0.05, 0) is 84.6 Å². The number of nitrogens with one attached hydrogen (secondary N) is 2. The molecule has 0 fully saturated rings. The Morgan fingerprint density at radius 2 is 1.91 bits per heavy atom. The highest BCUT2D eigenvalue weighted by Gasteiger charge is 2.27. The van der Waals surface area contributed by atoms with Crippen molar-refractivity contribution in [1.82, 2.24) is 34.6 Å². The number of benzene rings is 2. The standard InChI is InChI=1S/C34H27F2N9O2/c1-2-29(46)40-27-18-20(30(35)36)6-9-23(27)34(47)42-25-11-7-19-17-21(8-10-22(19)25)45-32(24-5-3-14-38-31(24)37)41-26-12-13-28(43-33(26)45)44-16-4-15-39-44/h2-6,8-10,12-18,25,30H,1,7,11H2,(H2,37,38)(H,40,46)(H,42,47)/t25-/m0/s1. The van der Waals surface area contributed by atoms with Crippen LogP contribution in [0.15, 0.2) is 98.0 Å². The van der Waals surface area contributed by atoms with Crippen LogP contribution in [0.1, 0.15) is 45.9 Å². The first-order chi connectivity index (χ1) is 22.8. The maximum absolute atomic E-state index is 13.4. The van der Waals surface area contributed by atoms with Gasteiger partial charge in [-0.3, -0.25) is 14.2 Å². The summed E-state index contributed by atoms with van der Waals surface area (Å²) in [6, 6.07) is 18.3. The highest BCUT2D eigenvalue weighted by molar-refractivity contribution is 6.06. The van der Waals surface area contributed by atoms with Crippen LogP contribution in [0.3, 0.4) is 0 Å².